The van der Waals surface area contributed by atoms with Gasteiger partial charge in [0.1, 0.15) is 0 Å². The lowest BCUT2D eigenvalue weighted by Gasteiger charge is -2.39. The number of hydrogen-bond donors (Lipinski definition) is 3. The number of amides is 2. The molecule has 22 heavy (non-hydrogen) atoms. The zero-order valence-electron chi connectivity index (χ0n) is 12.5. The predicted octanol–water partition coefficient (Wildman–Crippen LogP) is 1.55. The van der Waals surface area contributed by atoms with Gasteiger partial charge in [0.2, 0.25) is 5.91 Å². The van der Waals surface area contributed by atoms with Crippen molar-refractivity contribution in [3.8, 4) is 0 Å². The van der Waals surface area contributed by atoms with Gasteiger partial charge < -0.3 is 16.2 Å². The van der Waals surface area contributed by atoms with E-state index in [2.05, 4.69) is 5.32 Å². The minimum absolute atomic E-state index is 0.247. The standard InChI is InChI=1S/C16H20N2O4/c1-16(8-3-2-7-12(16)15(21)22)18-14(20)11-6-4-5-10(9-11)13(17)19/h4-6,9,12H,2-3,7-8H2,1H3,(H2,17,19)(H,18,20)(H,21,22). The summed E-state index contributed by atoms with van der Waals surface area (Å²) in [5.74, 6) is -2.50. The van der Waals surface area contributed by atoms with Gasteiger partial charge in [-0.1, -0.05) is 18.9 Å². The van der Waals surface area contributed by atoms with E-state index in [0.29, 0.717) is 18.4 Å². The van der Waals surface area contributed by atoms with Gasteiger partial charge in [0.25, 0.3) is 5.91 Å². The number of aliphatic carboxylic acids is 1. The molecule has 1 saturated carbocycles. The summed E-state index contributed by atoms with van der Waals surface area (Å²) in [6.07, 6.45) is 2.89. The van der Waals surface area contributed by atoms with Crippen LogP contribution >= 0.6 is 0 Å². The van der Waals surface area contributed by atoms with E-state index in [1.165, 1.54) is 12.1 Å². The Morgan fingerprint density at radius 1 is 1.27 bits per heavy atom. The molecular weight excluding hydrogens is 284 g/mol. The van der Waals surface area contributed by atoms with Crippen LogP contribution in [0.25, 0.3) is 0 Å². The molecule has 0 radical (unpaired) electrons. The Kier molecular flexibility index (Phi) is 4.49. The van der Waals surface area contributed by atoms with Crippen molar-refractivity contribution in [3.05, 3.63) is 35.4 Å². The monoisotopic (exact) mass is 304 g/mol. The van der Waals surface area contributed by atoms with Crippen LogP contribution in [0.3, 0.4) is 0 Å². The molecule has 6 heteroatoms. The average molecular weight is 304 g/mol. The summed E-state index contributed by atoms with van der Waals surface area (Å²) in [6, 6.07) is 6.09. The number of nitrogens with one attached hydrogen (secondary N) is 1. The molecule has 0 heterocycles. The second kappa shape index (κ2) is 6.17. The molecule has 1 aliphatic rings. The highest BCUT2D eigenvalue weighted by atomic mass is 16.4. The van der Waals surface area contributed by atoms with Crippen LogP contribution in [0.4, 0.5) is 0 Å². The number of carbonyl (C=O) groups is 3. The number of carboxylic acid groups (broad SMARTS) is 1. The molecule has 1 fully saturated rings. The molecule has 0 aliphatic heterocycles. The second-order valence-electron chi connectivity index (χ2n) is 5.95. The summed E-state index contributed by atoms with van der Waals surface area (Å²) < 4.78 is 0. The van der Waals surface area contributed by atoms with Gasteiger partial charge in [-0.3, -0.25) is 14.4 Å². The molecule has 1 aliphatic carbocycles. The number of nitrogens with two attached hydrogens (primary N) is 1. The van der Waals surface area contributed by atoms with E-state index in [-0.39, 0.29) is 5.56 Å². The first kappa shape index (κ1) is 16.0. The third-order valence-electron chi connectivity index (χ3n) is 4.31. The highest BCUT2D eigenvalue weighted by Gasteiger charge is 2.42. The molecule has 0 aromatic heterocycles. The molecule has 0 bridgehead atoms. The Balaban J connectivity index is 2.21. The van der Waals surface area contributed by atoms with Crippen LogP contribution in [0.2, 0.25) is 0 Å². The highest BCUT2D eigenvalue weighted by Crippen LogP contribution is 2.34. The van der Waals surface area contributed by atoms with Crippen molar-refractivity contribution in [2.24, 2.45) is 11.7 Å². The lowest BCUT2D eigenvalue weighted by atomic mass is 9.73. The third-order valence-corrected chi connectivity index (χ3v) is 4.31. The lowest BCUT2D eigenvalue weighted by molar-refractivity contribution is -0.145. The van der Waals surface area contributed by atoms with Gasteiger partial charge in [0.05, 0.1) is 11.5 Å². The fourth-order valence-electron chi connectivity index (χ4n) is 3.02. The SMILES string of the molecule is CC1(NC(=O)c2cccc(C(N)=O)c2)CCCCC1C(=O)O. The molecule has 2 atom stereocenters. The molecule has 2 rings (SSSR count). The molecule has 2 unspecified atom stereocenters. The summed E-state index contributed by atoms with van der Waals surface area (Å²) in [6.45, 7) is 1.76. The molecule has 6 nitrogen and oxygen atoms in total. The van der Waals surface area contributed by atoms with Gasteiger partial charge in [0.15, 0.2) is 0 Å². The number of carbonyl (C=O) groups excluding carboxylic acids is 2. The summed E-state index contributed by atoms with van der Waals surface area (Å²) in [5, 5.41) is 12.2. The van der Waals surface area contributed by atoms with E-state index < -0.39 is 29.2 Å². The second-order valence-corrected chi connectivity index (χ2v) is 5.95. The summed E-state index contributed by atoms with van der Waals surface area (Å²) >= 11 is 0. The Hall–Kier alpha value is -2.37. The Morgan fingerprint density at radius 2 is 1.95 bits per heavy atom. The van der Waals surface area contributed by atoms with Crippen molar-refractivity contribution in [1.29, 1.82) is 0 Å². The quantitative estimate of drug-likeness (QED) is 0.783. The first-order valence-corrected chi connectivity index (χ1v) is 7.29. The highest BCUT2D eigenvalue weighted by molar-refractivity contribution is 5.99. The largest absolute Gasteiger partial charge is 0.481 e. The lowest BCUT2D eigenvalue weighted by Crippen LogP contribution is -2.55. The van der Waals surface area contributed by atoms with Crippen LogP contribution in [0.5, 0.6) is 0 Å². The molecule has 0 spiro atoms. The van der Waals surface area contributed by atoms with Gasteiger partial charge in [-0.15, -0.1) is 0 Å². The maximum Gasteiger partial charge on any atom is 0.308 e. The number of primary amides is 1. The third kappa shape index (κ3) is 3.27. The van der Waals surface area contributed by atoms with Gasteiger partial charge in [0, 0.05) is 11.1 Å². The number of benzene rings is 1. The van der Waals surface area contributed by atoms with E-state index in [1.54, 1.807) is 19.1 Å². The Bertz CT molecular complexity index is 614. The van der Waals surface area contributed by atoms with Crippen molar-refractivity contribution in [1.82, 2.24) is 5.32 Å². The topological polar surface area (TPSA) is 109 Å². The van der Waals surface area contributed by atoms with Crippen molar-refractivity contribution in [3.63, 3.8) is 0 Å². The average Bonchev–Trinajstić information content (AvgIpc) is 2.47. The van der Waals surface area contributed by atoms with E-state index >= 15 is 0 Å². The molecule has 0 saturated heterocycles. The van der Waals surface area contributed by atoms with Gasteiger partial charge >= 0.3 is 5.97 Å². The van der Waals surface area contributed by atoms with Crippen molar-refractivity contribution < 1.29 is 19.5 Å². The van der Waals surface area contributed by atoms with Crippen molar-refractivity contribution >= 4 is 17.8 Å². The fraction of sp³-hybridized carbons (Fsp3) is 0.438. The Morgan fingerprint density at radius 3 is 2.59 bits per heavy atom. The van der Waals surface area contributed by atoms with Crippen molar-refractivity contribution in [2.75, 3.05) is 0 Å². The maximum atomic E-state index is 12.4. The van der Waals surface area contributed by atoms with Gasteiger partial charge in [-0.25, -0.2) is 0 Å². The first-order valence-electron chi connectivity index (χ1n) is 7.29. The molecule has 118 valence electrons. The van der Waals surface area contributed by atoms with E-state index in [9.17, 15) is 19.5 Å². The van der Waals surface area contributed by atoms with Gasteiger partial charge in [-0.2, -0.15) is 0 Å². The van der Waals surface area contributed by atoms with Crippen LogP contribution in [0, 0.1) is 5.92 Å². The maximum absolute atomic E-state index is 12.4. The van der Waals surface area contributed by atoms with Crippen LogP contribution in [0.1, 0.15) is 53.3 Å². The number of carboxylic acids is 1. The number of rotatable bonds is 4. The van der Waals surface area contributed by atoms with Crippen molar-refractivity contribution in [2.45, 2.75) is 38.1 Å². The normalized spacial score (nSPS) is 24.5. The minimum atomic E-state index is -0.895. The minimum Gasteiger partial charge on any atom is -0.481 e. The van der Waals surface area contributed by atoms with Crippen LogP contribution in [-0.4, -0.2) is 28.4 Å². The fourth-order valence-corrected chi connectivity index (χ4v) is 3.02. The molecule has 2 amide bonds. The summed E-state index contributed by atoms with van der Waals surface area (Å²) in [7, 11) is 0. The first-order chi connectivity index (χ1) is 10.3. The Labute approximate surface area is 128 Å². The summed E-state index contributed by atoms with van der Waals surface area (Å²) in [5.41, 5.74) is 4.96. The zero-order valence-corrected chi connectivity index (χ0v) is 12.5. The molecular formula is C16H20N2O4. The van der Waals surface area contributed by atoms with E-state index in [1.807, 2.05) is 0 Å². The number of hydrogen-bond acceptors (Lipinski definition) is 3. The predicted molar refractivity (Wildman–Crippen MR) is 80.4 cm³/mol. The molecule has 1 aromatic carbocycles. The molecule has 1 aromatic rings. The van der Waals surface area contributed by atoms with Crippen LogP contribution in [-0.2, 0) is 4.79 Å². The van der Waals surface area contributed by atoms with Gasteiger partial charge in [-0.05, 0) is 38.0 Å². The summed E-state index contributed by atoms with van der Waals surface area (Å²) in [4.78, 5) is 35.0. The van der Waals surface area contributed by atoms with E-state index in [0.717, 1.165) is 12.8 Å². The van der Waals surface area contributed by atoms with Crippen LogP contribution < -0.4 is 11.1 Å². The smallest absolute Gasteiger partial charge is 0.308 e. The van der Waals surface area contributed by atoms with E-state index in [4.69, 9.17) is 5.73 Å². The zero-order chi connectivity index (χ0) is 16.3. The molecule has 4 N–H and O–H groups in total. The van der Waals surface area contributed by atoms with Crippen LogP contribution in [0.15, 0.2) is 24.3 Å².